The van der Waals surface area contributed by atoms with Crippen molar-refractivity contribution in [3.63, 3.8) is 0 Å². The summed E-state index contributed by atoms with van der Waals surface area (Å²) in [6.07, 6.45) is 3.92. The molecular formula is C15H23N3O2. The second-order valence-electron chi connectivity index (χ2n) is 6.03. The molecule has 1 aliphatic heterocycles. The first kappa shape index (κ1) is 13.6. The van der Waals surface area contributed by atoms with E-state index in [0.717, 1.165) is 43.8 Å². The van der Waals surface area contributed by atoms with E-state index in [9.17, 15) is 4.79 Å². The van der Waals surface area contributed by atoms with Gasteiger partial charge in [0, 0.05) is 37.2 Å². The number of fused-ring (bicyclic) bond motifs is 1. The molecular weight excluding hydrogens is 254 g/mol. The predicted octanol–water partition coefficient (Wildman–Crippen LogP) is 1.57. The van der Waals surface area contributed by atoms with Crippen molar-refractivity contribution in [3.8, 4) is 0 Å². The van der Waals surface area contributed by atoms with Gasteiger partial charge >= 0.3 is 0 Å². The van der Waals surface area contributed by atoms with E-state index in [1.54, 1.807) is 0 Å². The number of rotatable bonds is 5. The van der Waals surface area contributed by atoms with Gasteiger partial charge in [0.1, 0.15) is 0 Å². The summed E-state index contributed by atoms with van der Waals surface area (Å²) in [6.45, 7) is 5.72. The molecule has 20 heavy (non-hydrogen) atoms. The Hall–Kier alpha value is -1.36. The zero-order chi connectivity index (χ0) is 14.1. The Morgan fingerprint density at radius 1 is 1.55 bits per heavy atom. The topological polar surface area (TPSA) is 56.2 Å². The molecule has 3 rings (SSSR count). The average molecular weight is 277 g/mol. The van der Waals surface area contributed by atoms with Gasteiger partial charge in [-0.05, 0) is 39.2 Å². The third-order valence-corrected chi connectivity index (χ3v) is 4.49. The molecule has 1 amide bonds. The maximum absolute atomic E-state index is 11.9. The van der Waals surface area contributed by atoms with Gasteiger partial charge in [0.15, 0.2) is 0 Å². The minimum atomic E-state index is 0.168. The van der Waals surface area contributed by atoms with Gasteiger partial charge in [0.25, 0.3) is 0 Å². The van der Waals surface area contributed by atoms with Crippen molar-refractivity contribution < 1.29 is 9.53 Å². The highest BCUT2D eigenvalue weighted by atomic mass is 16.5. The van der Waals surface area contributed by atoms with E-state index >= 15 is 0 Å². The highest BCUT2D eigenvalue weighted by Crippen LogP contribution is 2.38. The lowest BCUT2D eigenvalue weighted by Crippen LogP contribution is -2.53. The van der Waals surface area contributed by atoms with E-state index in [4.69, 9.17) is 4.74 Å². The van der Waals surface area contributed by atoms with Crippen molar-refractivity contribution in [1.82, 2.24) is 15.1 Å². The fourth-order valence-corrected chi connectivity index (χ4v) is 3.33. The fourth-order valence-electron chi connectivity index (χ4n) is 3.33. The van der Waals surface area contributed by atoms with E-state index in [1.807, 2.05) is 11.6 Å². The van der Waals surface area contributed by atoms with Crippen LogP contribution < -0.4 is 5.32 Å². The molecule has 1 aromatic heterocycles. The molecule has 3 atom stereocenters. The number of aryl methyl sites for hydroxylation is 3. The SMILES string of the molecule is Cc1cc(C)n(CCCC(=O)N[C@H]2C[C@@H]3OCC[C@H]23)n1. The van der Waals surface area contributed by atoms with Gasteiger partial charge in [0.05, 0.1) is 11.8 Å². The largest absolute Gasteiger partial charge is 0.378 e. The number of hydrogen-bond acceptors (Lipinski definition) is 3. The van der Waals surface area contributed by atoms with Crippen LogP contribution in [0.4, 0.5) is 0 Å². The van der Waals surface area contributed by atoms with Gasteiger partial charge < -0.3 is 10.1 Å². The van der Waals surface area contributed by atoms with E-state index < -0.39 is 0 Å². The van der Waals surface area contributed by atoms with Gasteiger partial charge in [-0.1, -0.05) is 0 Å². The maximum Gasteiger partial charge on any atom is 0.220 e. The summed E-state index contributed by atoms with van der Waals surface area (Å²) in [5.41, 5.74) is 2.20. The molecule has 0 spiro atoms. The van der Waals surface area contributed by atoms with E-state index in [0.29, 0.717) is 24.5 Å². The van der Waals surface area contributed by atoms with Gasteiger partial charge in [-0.2, -0.15) is 5.10 Å². The molecule has 110 valence electrons. The van der Waals surface area contributed by atoms with Crippen LogP contribution >= 0.6 is 0 Å². The lowest BCUT2D eigenvalue weighted by molar-refractivity contribution is -0.124. The number of nitrogens with zero attached hydrogens (tertiary/aromatic N) is 2. The summed E-state index contributed by atoms with van der Waals surface area (Å²) in [7, 11) is 0. The van der Waals surface area contributed by atoms with Crippen LogP contribution in [0.1, 0.15) is 37.1 Å². The van der Waals surface area contributed by atoms with Crippen molar-refractivity contribution >= 4 is 5.91 Å². The van der Waals surface area contributed by atoms with Crippen LogP contribution in [0.15, 0.2) is 6.07 Å². The van der Waals surface area contributed by atoms with Crippen LogP contribution in [0.3, 0.4) is 0 Å². The van der Waals surface area contributed by atoms with Crippen molar-refractivity contribution in [1.29, 1.82) is 0 Å². The molecule has 5 nitrogen and oxygen atoms in total. The van der Waals surface area contributed by atoms with E-state index in [1.165, 1.54) is 0 Å². The van der Waals surface area contributed by atoms with Gasteiger partial charge in [-0.3, -0.25) is 9.48 Å². The quantitative estimate of drug-likeness (QED) is 0.889. The fraction of sp³-hybridized carbons (Fsp3) is 0.733. The van der Waals surface area contributed by atoms with E-state index in [2.05, 4.69) is 23.4 Å². The number of carbonyl (C=O) groups excluding carboxylic acids is 1. The molecule has 0 unspecified atom stereocenters. The smallest absolute Gasteiger partial charge is 0.220 e. The Labute approximate surface area is 119 Å². The van der Waals surface area contributed by atoms with Crippen molar-refractivity contribution in [2.45, 2.75) is 58.2 Å². The van der Waals surface area contributed by atoms with Crippen LogP contribution in [-0.2, 0) is 16.1 Å². The number of amides is 1. The molecule has 0 radical (unpaired) electrons. The minimum absolute atomic E-state index is 0.168. The molecule has 2 aliphatic rings. The standard InChI is InChI=1S/C15H23N3O2/c1-10-8-11(2)18(17-10)6-3-4-15(19)16-13-9-14-12(13)5-7-20-14/h8,12-14H,3-7,9H2,1-2H3,(H,16,19)/t12-,13+,14+/m1/s1. The summed E-state index contributed by atoms with van der Waals surface area (Å²) in [6, 6.07) is 2.41. The van der Waals surface area contributed by atoms with Crippen LogP contribution in [-0.4, -0.2) is 34.4 Å². The Morgan fingerprint density at radius 2 is 2.40 bits per heavy atom. The molecule has 0 bridgehead atoms. The number of aromatic nitrogens is 2. The zero-order valence-electron chi connectivity index (χ0n) is 12.3. The molecule has 2 heterocycles. The second-order valence-corrected chi connectivity index (χ2v) is 6.03. The highest BCUT2D eigenvalue weighted by Gasteiger charge is 2.45. The summed E-state index contributed by atoms with van der Waals surface area (Å²) < 4.78 is 7.53. The minimum Gasteiger partial charge on any atom is -0.378 e. The van der Waals surface area contributed by atoms with Crippen molar-refractivity contribution in [3.05, 3.63) is 17.5 Å². The number of nitrogens with one attached hydrogen (secondary N) is 1. The summed E-state index contributed by atoms with van der Waals surface area (Å²) in [5, 5.41) is 7.55. The van der Waals surface area contributed by atoms with Crippen LogP contribution in [0.2, 0.25) is 0 Å². The first-order chi connectivity index (χ1) is 9.63. The Balaban J connectivity index is 1.38. The lowest BCUT2D eigenvalue weighted by Gasteiger charge is -2.39. The monoisotopic (exact) mass is 277 g/mol. The molecule has 1 aromatic rings. The Morgan fingerprint density at radius 3 is 3.10 bits per heavy atom. The molecule has 1 N–H and O–H groups in total. The van der Waals surface area contributed by atoms with Crippen LogP contribution in [0, 0.1) is 19.8 Å². The first-order valence-electron chi connectivity index (χ1n) is 7.55. The van der Waals surface area contributed by atoms with Crippen LogP contribution in [0.5, 0.6) is 0 Å². The zero-order valence-corrected chi connectivity index (χ0v) is 12.3. The summed E-state index contributed by atoms with van der Waals surface area (Å²) in [4.78, 5) is 11.9. The Bertz CT molecular complexity index is 497. The number of hydrogen-bond donors (Lipinski definition) is 1. The average Bonchev–Trinajstić information content (AvgIpc) is 2.90. The molecule has 2 fully saturated rings. The van der Waals surface area contributed by atoms with Crippen molar-refractivity contribution in [2.24, 2.45) is 5.92 Å². The molecule has 1 aliphatic carbocycles. The summed E-state index contributed by atoms with van der Waals surface area (Å²) in [5.74, 6) is 0.733. The Kier molecular flexibility index (Phi) is 3.78. The third kappa shape index (κ3) is 2.73. The van der Waals surface area contributed by atoms with Crippen LogP contribution in [0.25, 0.3) is 0 Å². The van der Waals surface area contributed by atoms with Gasteiger partial charge in [0.2, 0.25) is 5.91 Å². The second kappa shape index (κ2) is 5.56. The predicted molar refractivity (Wildman–Crippen MR) is 75.3 cm³/mol. The van der Waals surface area contributed by atoms with Gasteiger partial charge in [-0.15, -0.1) is 0 Å². The number of carbonyl (C=O) groups is 1. The summed E-state index contributed by atoms with van der Waals surface area (Å²) >= 11 is 0. The molecule has 1 saturated heterocycles. The van der Waals surface area contributed by atoms with E-state index in [-0.39, 0.29) is 5.91 Å². The van der Waals surface area contributed by atoms with Crippen molar-refractivity contribution in [2.75, 3.05) is 6.61 Å². The lowest BCUT2D eigenvalue weighted by atomic mass is 9.76. The highest BCUT2D eigenvalue weighted by molar-refractivity contribution is 5.76. The number of ether oxygens (including phenoxy) is 1. The third-order valence-electron chi connectivity index (χ3n) is 4.49. The molecule has 5 heteroatoms. The first-order valence-corrected chi connectivity index (χ1v) is 7.55. The van der Waals surface area contributed by atoms with Gasteiger partial charge in [-0.25, -0.2) is 0 Å². The maximum atomic E-state index is 11.9. The normalized spacial score (nSPS) is 28.0. The molecule has 0 aromatic carbocycles. The molecule has 1 saturated carbocycles.